The van der Waals surface area contributed by atoms with Crippen molar-refractivity contribution in [2.45, 2.75) is 116 Å². The summed E-state index contributed by atoms with van der Waals surface area (Å²) >= 11 is 0. The Morgan fingerprint density at radius 3 is 1.65 bits per heavy atom. The van der Waals surface area contributed by atoms with Crippen LogP contribution in [0.2, 0.25) is 0 Å². The lowest BCUT2D eigenvalue weighted by atomic mass is 10.0. The number of hydroxylamine groups is 2. The minimum atomic E-state index is -4.75. The second kappa shape index (κ2) is 20.9. The maximum absolute atomic E-state index is 12.6. The molecule has 0 rings (SSSR count). The number of carbonyl (C=O) groups is 2. The van der Waals surface area contributed by atoms with E-state index in [1.165, 1.54) is 64.2 Å². The van der Waals surface area contributed by atoms with Gasteiger partial charge in [-0.25, -0.2) is 9.36 Å². The molecule has 3 N–H and O–H groups in total. The fraction of sp³-hybridized carbons (Fsp3) is 0.923. The number of nitrogens with zero attached hydrogens (tertiary/aromatic N) is 2. The highest BCUT2D eigenvalue weighted by atomic mass is 31.2. The van der Waals surface area contributed by atoms with E-state index in [1.807, 2.05) is 21.1 Å². The summed E-state index contributed by atoms with van der Waals surface area (Å²) in [6, 6.07) is -1.80. The molecule has 0 saturated heterocycles. The second-order valence-electron chi connectivity index (χ2n) is 10.9. The largest absolute Gasteiger partial charge is 0.494 e. The van der Waals surface area contributed by atoms with Gasteiger partial charge in [0.1, 0.15) is 13.2 Å². The first kappa shape index (κ1) is 36.0. The third-order valence-electron chi connectivity index (χ3n) is 6.19. The number of aliphatic hydroxyl groups excluding tert-OH is 1. The first-order chi connectivity index (χ1) is 17.4. The minimum absolute atomic E-state index is 0.0546. The van der Waals surface area contributed by atoms with Crippen LogP contribution in [-0.4, -0.2) is 83.5 Å². The molecular formula is C26H54N2O8P+. The van der Waals surface area contributed by atoms with Crippen LogP contribution in [0.3, 0.4) is 0 Å². The van der Waals surface area contributed by atoms with Crippen molar-refractivity contribution in [2.75, 3.05) is 40.9 Å². The average molecular weight is 554 g/mol. The molecule has 0 saturated carbocycles. The number of carbonyl (C=O) groups excluding carboxylic acids is 1. The molecule has 0 aliphatic heterocycles. The van der Waals surface area contributed by atoms with Crippen LogP contribution >= 0.6 is 7.82 Å². The highest BCUT2D eigenvalue weighted by Crippen LogP contribution is 2.44. The molecule has 11 heteroatoms. The molecular weight excluding hydrogens is 499 g/mol. The van der Waals surface area contributed by atoms with Gasteiger partial charge in [-0.15, -0.1) is 0 Å². The topological polar surface area (TPSA) is 134 Å². The van der Waals surface area contributed by atoms with Crippen LogP contribution in [0.25, 0.3) is 0 Å². The number of rotatable bonds is 25. The van der Waals surface area contributed by atoms with E-state index in [2.05, 4.69) is 6.92 Å². The van der Waals surface area contributed by atoms with Crippen molar-refractivity contribution in [3.63, 3.8) is 0 Å². The van der Waals surface area contributed by atoms with Crippen molar-refractivity contribution < 1.29 is 42.9 Å². The standard InChI is InChI=1S/C26H53N2O8P/c1-5-6-7-8-9-10-11-12-13-14-15-16-17-18-19-20-25(30)27(24(23-29)26(31)32)36-37(33,34)35-22-21-28(2,3)4/h24,29H,5-23H2,1-4H3,(H-,31,32,33,34)/p+1/t24-/m1/s1. The summed E-state index contributed by atoms with van der Waals surface area (Å²) in [6.07, 6.45) is 17.6. The Labute approximate surface area is 224 Å². The molecule has 0 aromatic rings. The highest BCUT2D eigenvalue weighted by molar-refractivity contribution is 7.47. The molecule has 1 unspecified atom stereocenters. The number of aliphatic carboxylic acids is 1. The Bertz CT molecular complexity index is 657. The number of quaternary nitrogens is 1. The van der Waals surface area contributed by atoms with Gasteiger partial charge in [0.15, 0.2) is 6.04 Å². The van der Waals surface area contributed by atoms with Gasteiger partial charge >= 0.3 is 13.8 Å². The van der Waals surface area contributed by atoms with Gasteiger partial charge in [-0.1, -0.05) is 96.8 Å². The predicted molar refractivity (Wildman–Crippen MR) is 145 cm³/mol. The molecule has 220 valence electrons. The number of carboxylic acid groups (broad SMARTS) is 1. The van der Waals surface area contributed by atoms with Gasteiger partial charge in [0.05, 0.1) is 27.7 Å². The van der Waals surface area contributed by atoms with Crippen LogP contribution in [0.4, 0.5) is 0 Å². The summed E-state index contributed by atoms with van der Waals surface area (Å²) in [6.45, 7) is 1.54. The van der Waals surface area contributed by atoms with E-state index in [1.54, 1.807) is 0 Å². The highest BCUT2D eigenvalue weighted by Gasteiger charge is 2.37. The predicted octanol–water partition coefficient (Wildman–Crippen LogP) is 5.28. The van der Waals surface area contributed by atoms with Crippen molar-refractivity contribution in [1.29, 1.82) is 0 Å². The zero-order valence-corrected chi connectivity index (χ0v) is 24.6. The maximum atomic E-state index is 12.6. The summed E-state index contributed by atoms with van der Waals surface area (Å²) in [5, 5.41) is 19.0. The lowest BCUT2D eigenvalue weighted by molar-refractivity contribution is -0.870. The number of aliphatic hydroxyl groups is 1. The molecule has 0 heterocycles. The molecule has 0 bridgehead atoms. The molecule has 0 fully saturated rings. The van der Waals surface area contributed by atoms with E-state index in [9.17, 15) is 29.3 Å². The summed E-state index contributed by atoms with van der Waals surface area (Å²) < 4.78 is 22.5. The van der Waals surface area contributed by atoms with Gasteiger partial charge in [-0.3, -0.25) is 9.32 Å². The quantitative estimate of drug-likeness (QED) is 0.0602. The van der Waals surface area contributed by atoms with E-state index in [0.717, 1.165) is 25.7 Å². The molecule has 1 amide bonds. The number of hydrogen-bond donors (Lipinski definition) is 3. The Morgan fingerprint density at radius 2 is 1.27 bits per heavy atom. The molecule has 10 nitrogen and oxygen atoms in total. The molecule has 0 aliphatic rings. The van der Waals surface area contributed by atoms with Crippen LogP contribution in [-0.2, 0) is 23.3 Å². The smallest absolute Gasteiger partial charge is 0.480 e. The van der Waals surface area contributed by atoms with Crippen LogP contribution < -0.4 is 0 Å². The van der Waals surface area contributed by atoms with Crippen LogP contribution in [0.15, 0.2) is 0 Å². The number of amides is 1. The number of phosphoric acid groups is 1. The monoisotopic (exact) mass is 553 g/mol. The lowest BCUT2D eigenvalue weighted by Gasteiger charge is -2.28. The molecule has 37 heavy (non-hydrogen) atoms. The molecule has 0 aliphatic carbocycles. The van der Waals surface area contributed by atoms with E-state index < -0.39 is 32.3 Å². The third-order valence-corrected chi connectivity index (χ3v) is 7.08. The van der Waals surface area contributed by atoms with E-state index >= 15 is 0 Å². The van der Waals surface area contributed by atoms with Crippen molar-refractivity contribution in [3.8, 4) is 0 Å². The lowest BCUT2D eigenvalue weighted by Crippen LogP contribution is -2.46. The minimum Gasteiger partial charge on any atom is -0.480 e. The fourth-order valence-electron chi connectivity index (χ4n) is 3.85. The Kier molecular flexibility index (Phi) is 20.3. The van der Waals surface area contributed by atoms with E-state index in [-0.39, 0.29) is 13.0 Å². The summed E-state index contributed by atoms with van der Waals surface area (Å²) in [7, 11) is 0.851. The third kappa shape index (κ3) is 20.6. The van der Waals surface area contributed by atoms with Crippen LogP contribution in [0, 0.1) is 0 Å². The van der Waals surface area contributed by atoms with E-state index in [4.69, 9.17) is 9.15 Å². The average Bonchev–Trinajstić information content (AvgIpc) is 2.80. The van der Waals surface area contributed by atoms with Gasteiger partial charge in [-0.2, -0.15) is 9.69 Å². The summed E-state index contributed by atoms with van der Waals surface area (Å²) in [4.78, 5) is 34.1. The Balaban J connectivity index is 4.26. The van der Waals surface area contributed by atoms with Gasteiger partial charge in [0.2, 0.25) is 5.91 Å². The van der Waals surface area contributed by atoms with Gasteiger partial charge < -0.3 is 19.6 Å². The number of likely N-dealkylation sites (N-methyl/N-ethyl adjacent to an activating group) is 1. The first-order valence-corrected chi connectivity index (χ1v) is 15.6. The Morgan fingerprint density at radius 1 is 0.838 bits per heavy atom. The second-order valence-corrected chi connectivity index (χ2v) is 12.2. The van der Waals surface area contributed by atoms with Gasteiger partial charge in [0.25, 0.3) is 0 Å². The number of carboxylic acids is 1. The number of unbranched alkanes of at least 4 members (excludes halogenated alkanes) is 14. The summed E-state index contributed by atoms with van der Waals surface area (Å²) in [5.41, 5.74) is 0. The number of hydrogen-bond acceptors (Lipinski definition) is 6. The van der Waals surface area contributed by atoms with Crippen molar-refractivity contribution >= 4 is 19.7 Å². The van der Waals surface area contributed by atoms with Crippen LogP contribution in [0.1, 0.15) is 110 Å². The molecule has 0 aromatic carbocycles. The SMILES string of the molecule is CCCCCCCCCCCCCCCCCC(=O)N(OP(=O)(O)OCC[N+](C)(C)C)[C@H](CO)C(=O)O. The van der Waals surface area contributed by atoms with Crippen molar-refractivity contribution in [3.05, 3.63) is 0 Å². The zero-order chi connectivity index (χ0) is 28.2. The fourth-order valence-corrected chi connectivity index (χ4v) is 4.64. The van der Waals surface area contributed by atoms with Crippen molar-refractivity contribution in [2.24, 2.45) is 0 Å². The van der Waals surface area contributed by atoms with Crippen LogP contribution in [0.5, 0.6) is 0 Å². The van der Waals surface area contributed by atoms with Gasteiger partial charge in [0, 0.05) is 6.42 Å². The molecule has 2 atom stereocenters. The summed E-state index contributed by atoms with van der Waals surface area (Å²) in [5.74, 6) is -2.32. The molecule has 0 radical (unpaired) electrons. The number of phosphoric ester groups is 1. The first-order valence-electron chi connectivity index (χ1n) is 14.1. The van der Waals surface area contributed by atoms with Gasteiger partial charge in [-0.05, 0) is 6.42 Å². The van der Waals surface area contributed by atoms with Crippen molar-refractivity contribution in [1.82, 2.24) is 5.06 Å². The normalized spacial score (nSPS) is 14.3. The molecule has 0 aromatic heterocycles. The Hall–Kier alpha value is -1.03. The van der Waals surface area contributed by atoms with E-state index in [0.29, 0.717) is 22.5 Å². The molecule has 0 spiro atoms. The zero-order valence-electron chi connectivity index (χ0n) is 23.7. The maximum Gasteiger partial charge on any atom is 0.494 e.